The van der Waals surface area contributed by atoms with Crippen molar-refractivity contribution in [2.45, 2.75) is 13.3 Å². The van der Waals surface area contributed by atoms with Gasteiger partial charge in [0.15, 0.2) is 0 Å². The number of nitrogen functional groups attached to an aromatic ring is 1. The van der Waals surface area contributed by atoms with Crippen molar-refractivity contribution in [1.82, 2.24) is 15.1 Å². The van der Waals surface area contributed by atoms with E-state index in [-0.39, 0.29) is 11.9 Å². The zero-order valence-electron chi connectivity index (χ0n) is 12.3. The number of benzene rings is 1. The minimum atomic E-state index is -0.0552. The molecule has 0 spiro atoms. The Morgan fingerprint density at radius 1 is 1.19 bits per heavy atom. The van der Waals surface area contributed by atoms with E-state index in [0.717, 1.165) is 5.56 Å². The maximum Gasteiger partial charge on any atom is 0.317 e. The molecule has 0 aromatic heterocycles. The molecule has 6 heteroatoms. The molecule has 1 aromatic rings. The van der Waals surface area contributed by atoms with Crippen LogP contribution in [0.1, 0.15) is 12.5 Å². The second-order valence-electron chi connectivity index (χ2n) is 5.13. The van der Waals surface area contributed by atoms with Crippen LogP contribution >= 0.6 is 0 Å². The lowest BCUT2D eigenvalue weighted by atomic mass is 10.1. The van der Waals surface area contributed by atoms with Crippen LogP contribution in [0.25, 0.3) is 0 Å². The Balaban J connectivity index is 1.84. The SMILES string of the molecule is CCNC(=O)N1CCN(C(=O)Cc2cccc(N)c2)CC1. The van der Waals surface area contributed by atoms with Crippen LogP contribution in [0, 0.1) is 0 Å². The van der Waals surface area contributed by atoms with Gasteiger partial charge in [-0.3, -0.25) is 4.79 Å². The van der Waals surface area contributed by atoms with E-state index in [9.17, 15) is 9.59 Å². The summed E-state index contributed by atoms with van der Waals surface area (Å²) >= 11 is 0. The highest BCUT2D eigenvalue weighted by Gasteiger charge is 2.23. The third kappa shape index (κ3) is 4.11. The summed E-state index contributed by atoms with van der Waals surface area (Å²) in [4.78, 5) is 27.5. The first-order chi connectivity index (χ1) is 10.1. The minimum Gasteiger partial charge on any atom is -0.399 e. The first-order valence-corrected chi connectivity index (χ1v) is 7.25. The van der Waals surface area contributed by atoms with Crippen LogP contribution < -0.4 is 11.1 Å². The second kappa shape index (κ2) is 6.97. The van der Waals surface area contributed by atoms with Crippen molar-refractivity contribution in [2.75, 3.05) is 38.5 Å². The van der Waals surface area contributed by atoms with Crippen molar-refractivity contribution in [2.24, 2.45) is 0 Å². The van der Waals surface area contributed by atoms with Gasteiger partial charge in [-0.1, -0.05) is 12.1 Å². The Kier molecular flexibility index (Phi) is 5.03. The molecule has 1 saturated heterocycles. The summed E-state index contributed by atoms with van der Waals surface area (Å²) < 4.78 is 0. The monoisotopic (exact) mass is 290 g/mol. The highest BCUT2D eigenvalue weighted by Crippen LogP contribution is 2.10. The van der Waals surface area contributed by atoms with Gasteiger partial charge in [0.1, 0.15) is 0 Å². The van der Waals surface area contributed by atoms with Crippen LogP contribution in [0.15, 0.2) is 24.3 Å². The van der Waals surface area contributed by atoms with Crippen molar-refractivity contribution in [3.8, 4) is 0 Å². The molecular formula is C15H22N4O2. The number of nitrogens with two attached hydrogens (primary N) is 1. The van der Waals surface area contributed by atoms with Crippen molar-refractivity contribution in [3.05, 3.63) is 29.8 Å². The number of nitrogens with one attached hydrogen (secondary N) is 1. The number of amides is 3. The van der Waals surface area contributed by atoms with E-state index >= 15 is 0 Å². The van der Waals surface area contributed by atoms with Crippen molar-refractivity contribution in [1.29, 1.82) is 0 Å². The number of piperazine rings is 1. The van der Waals surface area contributed by atoms with E-state index in [1.807, 2.05) is 25.1 Å². The molecule has 1 heterocycles. The van der Waals surface area contributed by atoms with Crippen LogP contribution in [0.3, 0.4) is 0 Å². The van der Waals surface area contributed by atoms with E-state index in [1.165, 1.54) is 0 Å². The molecule has 1 aliphatic heterocycles. The maximum absolute atomic E-state index is 12.2. The quantitative estimate of drug-likeness (QED) is 0.804. The van der Waals surface area contributed by atoms with E-state index in [2.05, 4.69) is 5.32 Å². The number of anilines is 1. The molecule has 0 saturated carbocycles. The number of rotatable bonds is 3. The van der Waals surface area contributed by atoms with Crippen LogP contribution in [-0.2, 0) is 11.2 Å². The maximum atomic E-state index is 12.2. The second-order valence-corrected chi connectivity index (χ2v) is 5.13. The van der Waals surface area contributed by atoms with Gasteiger partial charge in [-0.25, -0.2) is 4.79 Å². The fourth-order valence-electron chi connectivity index (χ4n) is 2.41. The Hall–Kier alpha value is -2.24. The van der Waals surface area contributed by atoms with Gasteiger partial charge in [0.2, 0.25) is 5.91 Å². The third-order valence-electron chi connectivity index (χ3n) is 3.55. The Labute approximate surface area is 124 Å². The lowest BCUT2D eigenvalue weighted by Crippen LogP contribution is -2.53. The lowest BCUT2D eigenvalue weighted by Gasteiger charge is -2.34. The number of nitrogens with zero attached hydrogens (tertiary/aromatic N) is 2. The topological polar surface area (TPSA) is 78.7 Å². The predicted octanol–water partition coefficient (Wildman–Crippen LogP) is 0.685. The molecule has 3 N–H and O–H groups in total. The predicted molar refractivity (Wildman–Crippen MR) is 81.8 cm³/mol. The minimum absolute atomic E-state index is 0.0552. The lowest BCUT2D eigenvalue weighted by molar-refractivity contribution is -0.131. The molecule has 1 aliphatic rings. The Morgan fingerprint density at radius 2 is 1.86 bits per heavy atom. The number of urea groups is 1. The summed E-state index contributed by atoms with van der Waals surface area (Å²) in [5.41, 5.74) is 7.31. The summed E-state index contributed by atoms with van der Waals surface area (Å²) in [6, 6.07) is 7.33. The molecule has 2 rings (SSSR count). The largest absolute Gasteiger partial charge is 0.399 e. The van der Waals surface area contributed by atoms with E-state index in [0.29, 0.717) is 44.8 Å². The highest BCUT2D eigenvalue weighted by molar-refractivity contribution is 5.80. The average molecular weight is 290 g/mol. The molecule has 0 atom stereocenters. The molecular weight excluding hydrogens is 268 g/mol. The number of carbonyl (C=O) groups is 2. The zero-order valence-corrected chi connectivity index (χ0v) is 12.3. The first kappa shape index (κ1) is 15.2. The molecule has 0 radical (unpaired) electrons. The summed E-state index contributed by atoms with van der Waals surface area (Å²) in [7, 11) is 0. The van der Waals surface area contributed by atoms with Gasteiger partial charge in [0, 0.05) is 38.4 Å². The summed E-state index contributed by atoms with van der Waals surface area (Å²) in [5, 5.41) is 2.78. The van der Waals surface area contributed by atoms with E-state index in [4.69, 9.17) is 5.73 Å². The highest BCUT2D eigenvalue weighted by atomic mass is 16.2. The van der Waals surface area contributed by atoms with Gasteiger partial charge in [-0.15, -0.1) is 0 Å². The van der Waals surface area contributed by atoms with Gasteiger partial charge < -0.3 is 20.9 Å². The van der Waals surface area contributed by atoms with Gasteiger partial charge in [-0.05, 0) is 24.6 Å². The Morgan fingerprint density at radius 3 is 2.48 bits per heavy atom. The number of hydrogen-bond acceptors (Lipinski definition) is 3. The normalized spacial score (nSPS) is 14.9. The first-order valence-electron chi connectivity index (χ1n) is 7.25. The van der Waals surface area contributed by atoms with Crippen LogP contribution in [0.4, 0.5) is 10.5 Å². The van der Waals surface area contributed by atoms with Gasteiger partial charge in [0.25, 0.3) is 0 Å². The summed E-state index contributed by atoms with van der Waals surface area (Å²) in [6.07, 6.45) is 0.353. The number of hydrogen-bond donors (Lipinski definition) is 2. The van der Waals surface area contributed by atoms with Crippen LogP contribution in [0.5, 0.6) is 0 Å². The fourth-order valence-corrected chi connectivity index (χ4v) is 2.41. The molecule has 3 amide bonds. The third-order valence-corrected chi connectivity index (χ3v) is 3.55. The summed E-state index contributed by atoms with van der Waals surface area (Å²) in [5.74, 6) is 0.0798. The molecule has 21 heavy (non-hydrogen) atoms. The Bertz CT molecular complexity index is 510. The molecule has 6 nitrogen and oxygen atoms in total. The van der Waals surface area contributed by atoms with Crippen molar-refractivity contribution < 1.29 is 9.59 Å². The molecule has 1 fully saturated rings. The zero-order chi connectivity index (χ0) is 15.2. The van der Waals surface area contributed by atoms with Gasteiger partial charge in [-0.2, -0.15) is 0 Å². The van der Waals surface area contributed by atoms with Gasteiger partial charge >= 0.3 is 6.03 Å². The molecule has 0 aliphatic carbocycles. The smallest absolute Gasteiger partial charge is 0.317 e. The van der Waals surface area contributed by atoms with Crippen LogP contribution in [-0.4, -0.2) is 54.5 Å². The van der Waals surface area contributed by atoms with Crippen molar-refractivity contribution in [3.63, 3.8) is 0 Å². The average Bonchev–Trinajstić information content (AvgIpc) is 2.47. The standard InChI is InChI=1S/C15H22N4O2/c1-2-17-15(21)19-8-6-18(7-9-19)14(20)11-12-4-3-5-13(16)10-12/h3-5,10H,2,6-9,11,16H2,1H3,(H,17,21). The summed E-state index contributed by atoms with van der Waals surface area (Å²) in [6.45, 7) is 4.83. The molecule has 1 aromatic carbocycles. The molecule has 114 valence electrons. The fraction of sp³-hybridized carbons (Fsp3) is 0.467. The molecule has 0 unspecified atom stereocenters. The van der Waals surface area contributed by atoms with Crippen molar-refractivity contribution >= 4 is 17.6 Å². The van der Waals surface area contributed by atoms with E-state index < -0.39 is 0 Å². The molecule has 0 bridgehead atoms. The van der Waals surface area contributed by atoms with E-state index in [1.54, 1.807) is 15.9 Å². The number of carbonyl (C=O) groups excluding carboxylic acids is 2. The van der Waals surface area contributed by atoms with Crippen LogP contribution in [0.2, 0.25) is 0 Å². The van der Waals surface area contributed by atoms with Gasteiger partial charge in [0.05, 0.1) is 6.42 Å².